The molecule has 0 saturated heterocycles. The van der Waals surface area contributed by atoms with Gasteiger partial charge in [0.25, 0.3) is 0 Å². The molecule has 0 N–H and O–H groups in total. The summed E-state index contributed by atoms with van der Waals surface area (Å²) >= 11 is 1.37. The fourth-order valence-corrected chi connectivity index (χ4v) is 4.00. The topological polar surface area (TPSA) is 52.1 Å². The first-order chi connectivity index (χ1) is 15.3. The average Bonchev–Trinajstić information content (AvgIpc) is 3.24. The molecule has 0 fully saturated rings. The number of unbranched alkanes of at least 4 members (excludes halogenated alkanes) is 2. The van der Waals surface area contributed by atoms with E-state index in [1.165, 1.54) is 17.4 Å². The van der Waals surface area contributed by atoms with Crippen LogP contribution in [0.3, 0.4) is 0 Å². The van der Waals surface area contributed by atoms with Crippen LogP contribution in [0.5, 0.6) is 5.75 Å². The zero-order valence-electron chi connectivity index (χ0n) is 18.0. The molecular formula is C24H25F3N2O2S. The Morgan fingerprint density at radius 2 is 1.94 bits per heavy atom. The minimum Gasteiger partial charge on any atom is -0.493 e. The van der Waals surface area contributed by atoms with Gasteiger partial charge in [0.05, 0.1) is 22.9 Å². The second kappa shape index (κ2) is 10.7. The van der Waals surface area contributed by atoms with E-state index in [2.05, 4.69) is 9.97 Å². The fourth-order valence-electron chi connectivity index (χ4n) is 3.16. The van der Waals surface area contributed by atoms with Crippen molar-refractivity contribution in [2.24, 2.45) is 0 Å². The summed E-state index contributed by atoms with van der Waals surface area (Å²) < 4.78 is 46.1. The van der Waals surface area contributed by atoms with Crippen molar-refractivity contribution in [2.75, 3.05) is 6.61 Å². The SMILES string of the molecule is CCCCCOc1ccc(Cc2nc(-c3ccc(C(=O)CC)nc3)cs2)cc1C(F)(F)F. The molecule has 0 radical (unpaired) electrons. The Morgan fingerprint density at radius 1 is 1.12 bits per heavy atom. The average molecular weight is 463 g/mol. The standard InChI is InChI=1S/C24H25F3N2O2S/c1-3-5-6-11-31-22-10-7-16(12-18(22)24(25,26)27)13-23-29-20(15-32-23)17-8-9-19(28-14-17)21(30)4-2/h7-10,12,14-15H,3-6,11,13H2,1-2H3. The van der Waals surface area contributed by atoms with Gasteiger partial charge in [0.15, 0.2) is 5.78 Å². The zero-order chi connectivity index (χ0) is 23.1. The van der Waals surface area contributed by atoms with Gasteiger partial charge >= 0.3 is 6.18 Å². The Morgan fingerprint density at radius 3 is 2.59 bits per heavy atom. The van der Waals surface area contributed by atoms with Crippen molar-refractivity contribution in [2.45, 2.75) is 52.1 Å². The number of hydrogen-bond donors (Lipinski definition) is 0. The van der Waals surface area contributed by atoms with Gasteiger partial charge in [-0.05, 0) is 36.2 Å². The molecule has 0 unspecified atom stereocenters. The van der Waals surface area contributed by atoms with E-state index in [0.29, 0.717) is 28.4 Å². The van der Waals surface area contributed by atoms with Crippen molar-refractivity contribution in [3.05, 3.63) is 63.7 Å². The molecule has 1 aromatic carbocycles. The van der Waals surface area contributed by atoms with E-state index in [1.807, 2.05) is 12.3 Å². The lowest BCUT2D eigenvalue weighted by atomic mass is 10.1. The number of ketones is 1. The molecule has 0 aliphatic rings. The second-order valence-corrected chi connectivity index (χ2v) is 8.34. The minimum absolute atomic E-state index is 0.0335. The maximum absolute atomic E-state index is 13.6. The molecule has 0 amide bonds. The molecule has 0 bridgehead atoms. The molecule has 3 aromatic rings. The highest BCUT2D eigenvalue weighted by atomic mass is 32.1. The Bertz CT molecular complexity index is 1050. The van der Waals surface area contributed by atoms with Crippen LogP contribution in [-0.2, 0) is 12.6 Å². The van der Waals surface area contributed by atoms with Crippen LogP contribution in [-0.4, -0.2) is 22.4 Å². The summed E-state index contributed by atoms with van der Waals surface area (Å²) in [5.41, 5.74) is 1.60. The normalized spacial score (nSPS) is 11.5. The van der Waals surface area contributed by atoms with Crippen molar-refractivity contribution in [1.29, 1.82) is 0 Å². The summed E-state index contributed by atoms with van der Waals surface area (Å²) in [6, 6.07) is 7.63. The van der Waals surface area contributed by atoms with E-state index in [4.69, 9.17) is 4.74 Å². The number of pyridine rings is 1. The van der Waals surface area contributed by atoms with Crippen LogP contribution in [0, 0.1) is 0 Å². The largest absolute Gasteiger partial charge is 0.493 e. The number of carbonyl (C=O) groups is 1. The molecule has 2 heterocycles. The predicted octanol–water partition coefficient (Wildman–Crippen LogP) is 6.98. The van der Waals surface area contributed by atoms with Gasteiger partial charge in [-0.15, -0.1) is 11.3 Å². The van der Waals surface area contributed by atoms with E-state index in [-0.39, 0.29) is 24.6 Å². The first-order valence-corrected chi connectivity index (χ1v) is 11.5. The van der Waals surface area contributed by atoms with Crippen molar-refractivity contribution in [1.82, 2.24) is 9.97 Å². The number of aromatic nitrogens is 2. The number of hydrogen-bond acceptors (Lipinski definition) is 5. The first-order valence-electron chi connectivity index (χ1n) is 10.6. The number of alkyl halides is 3. The number of halogens is 3. The molecule has 3 rings (SSSR count). The summed E-state index contributed by atoms with van der Waals surface area (Å²) in [5.74, 6) is -0.168. The number of Topliss-reactive ketones (excluding diaryl/α,β-unsaturated/α-hetero) is 1. The lowest BCUT2D eigenvalue weighted by molar-refractivity contribution is -0.139. The quantitative estimate of drug-likeness (QED) is 0.241. The van der Waals surface area contributed by atoms with Gasteiger partial charge in [-0.25, -0.2) is 4.98 Å². The highest BCUT2D eigenvalue weighted by Crippen LogP contribution is 2.37. The summed E-state index contributed by atoms with van der Waals surface area (Å²) in [5, 5.41) is 2.53. The molecule has 2 aromatic heterocycles. The summed E-state index contributed by atoms with van der Waals surface area (Å²) in [4.78, 5) is 20.4. The smallest absolute Gasteiger partial charge is 0.419 e. The minimum atomic E-state index is -4.49. The molecule has 0 aliphatic heterocycles. The lowest BCUT2D eigenvalue weighted by Gasteiger charge is -2.15. The van der Waals surface area contributed by atoms with E-state index in [9.17, 15) is 18.0 Å². The van der Waals surface area contributed by atoms with Gasteiger partial charge in [0.1, 0.15) is 11.4 Å². The molecule has 0 saturated carbocycles. The molecule has 4 nitrogen and oxygen atoms in total. The van der Waals surface area contributed by atoms with Crippen molar-refractivity contribution in [3.8, 4) is 17.0 Å². The van der Waals surface area contributed by atoms with Gasteiger partial charge in [0, 0.05) is 30.0 Å². The Balaban J connectivity index is 1.74. The van der Waals surface area contributed by atoms with Gasteiger partial charge < -0.3 is 4.74 Å². The molecule has 170 valence electrons. The molecule has 32 heavy (non-hydrogen) atoms. The maximum atomic E-state index is 13.6. The van der Waals surface area contributed by atoms with E-state index in [1.54, 1.807) is 31.3 Å². The Labute approximate surface area is 189 Å². The van der Waals surface area contributed by atoms with Crippen LogP contribution >= 0.6 is 11.3 Å². The number of ether oxygens (including phenoxy) is 1. The zero-order valence-corrected chi connectivity index (χ0v) is 18.9. The maximum Gasteiger partial charge on any atom is 0.419 e. The highest BCUT2D eigenvalue weighted by molar-refractivity contribution is 7.10. The Kier molecular flexibility index (Phi) is 8.01. The summed E-state index contributed by atoms with van der Waals surface area (Å²) in [6.45, 7) is 4.07. The molecule has 0 atom stereocenters. The third-order valence-corrected chi connectivity index (χ3v) is 5.78. The van der Waals surface area contributed by atoms with Crippen molar-refractivity contribution >= 4 is 17.1 Å². The van der Waals surface area contributed by atoms with Crippen LogP contribution in [0.2, 0.25) is 0 Å². The first kappa shape index (κ1) is 23.9. The second-order valence-electron chi connectivity index (χ2n) is 7.40. The van der Waals surface area contributed by atoms with Crippen LogP contribution < -0.4 is 4.74 Å². The number of rotatable bonds is 10. The van der Waals surface area contributed by atoms with Crippen LogP contribution in [0.25, 0.3) is 11.3 Å². The predicted molar refractivity (Wildman–Crippen MR) is 119 cm³/mol. The van der Waals surface area contributed by atoms with E-state index in [0.717, 1.165) is 30.9 Å². The van der Waals surface area contributed by atoms with Crippen molar-refractivity contribution < 1.29 is 22.7 Å². The summed E-state index contributed by atoms with van der Waals surface area (Å²) in [6.07, 6.45) is 0.376. The molecule has 8 heteroatoms. The van der Waals surface area contributed by atoms with E-state index < -0.39 is 11.7 Å². The number of benzene rings is 1. The van der Waals surface area contributed by atoms with E-state index >= 15 is 0 Å². The van der Waals surface area contributed by atoms with Crippen LogP contribution in [0.1, 0.15) is 66.2 Å². The number of nitrogens with zero attached hydrogens (tertiary/aromatic N) is 2. The fraction of sp³-hybridized carbons (Fsp3) is 0.375. The van der Waals surface area contributed by atoms with Crippen LogP contribution in [0.15, 0.2) is 41.9 Å². The van der Waals surface area contributed by atoms with Crippen LogP contribution in [0.4, 0.5) is 13.2 Å². The van der Waals surface area contributed by atoms with Gasteiger partial charge in [0.2, 0.25) is 0 Å². The monoisotopic (exact) mass is 462 g/mol. The summed E-state index contributed by atoms with van der Waals surface area (Å²) in [7, 11) is 0. The molecule has 0 spiro atoms. The number of carbonyl (C=O) groups excluding carboxylic acids is 1. The Hall–Kier alpha value is -2.74. The number of thiazole rings is 1. The third kappa shape index (κ3) is 6.16. The molecular weight excluding hydrogens is 437 g/mol. The molecule has 0 aliphatic carbocycles. The van der Waals surface area contributed by atoms with Gasteiger partial charge in [-0.3, -0.25) is 9.78 Å². The third-order valence-electron chi connectivity index (χ3n) is 4.93. The van der Waals surface area contributed by atoms with Crippen molar-refractivity contribution in [3.63, 3.8) is 0 Å². The van der Waals surface area contributed by atoms with Gasteiger partial charge in [-0.2, -0.15) is 13.2 Å². The van der Waals surface area contributed by atoms with Gasteiger partial charge in [-0.1, -0.05) is 32.8 Å². The highest BCUT2D eigenvalue weighted by Gasteiger charge is 2.34. The lowest BCUT2D eigenvalue weighted by Crippen LogP contribution is -2.10.